The lowest BCUT2D eigenvalue weighted by atomic mass is 10.1. The Morgan fingerprint density at radius 3 is 2.44 bits per heavy atom. The van der Waals surface area contributed by atoms with Gasteiger partial charge in [-0.05, 0) is 57.7 Å². The van der Waals surface area contributed by atoms with Crippen LogP contribution in [0.5, 0.6) is 5.75 Å². The number of phenolic OH excluding ortho intramolecular Hbond substituents is 1. The molecule has 1 fully saturated rings. The first-order chi connectivity index (χ1) is 15.8. The standard InChI is InChI=1S/C21H31N5O7S/c1-21(2,3)33-20(30)25-10-7-15(8-11-25)23-19(29)22-9-6-14-4-5-16(17(27)12-14)26-13-18(28)24-34(26,31)32/h4-5,12-13,15,24,27-28H,6-11H2,1-3H3,(H2,22,23,29). The van der Waals surface area contributed by atoms with E-state index in [-0.39, 0.29) is 29.6 Å². The first kappa shape index (κ1) is 25.3. The average molecular weight is 498 g/mol. The van der Waals surface area contributed by atoms with E-state index in [0.717, 1.165) is 10.5 Å². The number of carbonyl (C=O) groups excluding carboxylic acids is 2. The van der Waals surface area contributed by atoms with Gasteiger partial charge in [-0.2, -0.15) is 8.42 Å². The van der Waals surface area contributed by atoms with E-state index in [1.165, 1.54) is 12.1 Å². The molecule has 2 aliphatic heterocycles. The predicted octanol–water partition coefficient (Wildman–Crippen LogP) is 1.64. The zero-order chi connectivity index (χ0) is 25.1. The van der Waals surface area contributed by atoms with Gasteiger partial charge in [-0.15, -0.1) is 0 Å². The minimum absolute atomic E-state index is 0.0104. The molecule has 12 nitrogen and oxygen atoms in total. The molecular formula is C21H31N5O7S. The molecule has 0 aliphatic carbocycles. The van der Waals surface area contributed by atoms with Crippen molar-refractivity contribution in [2.45, 2.75) is 51.7 Å². The van der Waals surface area contributed by atoms with Crippen molar-refractivity contribution in [1.29, 1.82) is 0 Å². The fraction of sp³-hybridized carbons (Fsp3) is 0.524. The Morgan fingerprint density at radius 1 is 1.21 bits per heavy atom. The maximum atomic E-state index is 12.2. The van der Waals surface area contributed by atoms with E-state index in [9.17, 15) is 28.2 Å². The predicted molar refractivity (Wildman–Crippen MR) is 124 cm³/mol. The van der Waals surface area contributed by atoms with Gasteiger partial charge in [-0.3, -0.25) is 0 Å². The second kappa shape index (κ2) is 9.87. The minimum atomic E-state index is -4.00. The van der Waals surface area contributed by atoms with Crippen LogP contribution in [0.4, 0.5) is 15.3 Å². The van der Waals surface area contributed by atoms with E-state index >= 15 is 0 Å². The first-order valence-corrected chi connectivity index (χ1v) is 12.4. The number of benzene rings is 1. The molecule has 0 atom stereocenters. The second-order valence-corrected chi connectivity index (χ2v) is 10.7. The Kier molecular flexibility index (Phi) is 7.34. The highest BCUT2D eigenvalue weighted by atomic mass is 32.2. The number of carbonyl (C=O) groups is 2. The third-order valence-electron chi connectivity index (χ3n) is 5.19. The normalized spacial score (nSPS) is 18.1. The van der Waals surface area contributed by atoms with Gasteiger partial charge in [0.05, 0.1) is 6.20 Å². The molecule has 0 radical (unpaired) electrons. The maximum Gasteiger partial charge on any atom is 0.410 e. The van der Waals surface area contributed by atoms with Gasteiger partial charge in [0.2, 0.25) is 5.88 Å². The van der Waals surface area contributed by atoms with Crippen molar-refractivity contribution in [2.75, 3.05) is 23.9 Å². The Hall–Kier alpha value is -3.35. The summed E-state index contributed by atoms with van der Waals surface area (Å²) in [5, 5.41) is 25.3. The van der Waals surface area contributed by atoms with Crippen molar-refractivity contribution in [2.24, 2.45) is 0 Å². The van der Waals surface area contributed by atoms with Crippen LogP contribution in [0.3, 0.4) is 0 Å². The zero-order valence-electron chi connectivity index (χ0n) is 19.4. The van der Waals surface area contributed by atoms with Crippen LogP contribution in [0.1, 0.15) is 39.2 Å². The van der Waals surface area contributed by atoms with Crippen LogP contribution in [-0.2, 0) is 21.4 Å². The average Bonchev–Trinajstić information content (AvgIpc) is 2.99. The number of ether oxygens (including phenoxy) is 1. The summed E-state index contributed by atoms with van der Waals surface area (Å²) in [7, 11) is -4.00. The summed E-state index contributed by atoms with van der Waals surface area (Å²) >= 11 is 0. The summed E-state index contributed by atoms with van der Waals surface area (Å²) < 4.78 is 31.9. The molecular weight excluding hydrogens is 466 g/mol. The number of piperidine rings is 1. The van der Waals surface area contributed by atoms with Crippen LogP contribution in [0.15, 0.2) is 30.3 Å². The van der Waals surface area contributed by atoms with E-state index < -0.39 is 21.7 Å². The van der Waals surface area contributed by atoms with Gasteiger partial charge in [-0.25, -0.2) is 18.6 Å². The van der Waals surface area contributed by atoms with Gasteiger partial charge in [0, 0.05) is 25.7 Å². The fourth-order valence-corrected chi connectivity index (χ4v) is 4.65. The van der Waals surface area contributed by atoms with Gasteiger partial charge < -0.3 is 30.5 Å². The summed E-state index contributed by atoms with van der Waals surface area (Å²) in [5.74, 6) is -0.829. The van der Waals surface area contributed by atoms with Gasteiger partial charge >= 0.3 is 22.3 Å². The summed E-state index contributed by atoms with van der Waals surface area (Å²) in [6.45, 7) is 6.75. The van der Waals surface area contributed by atoms with Gasteiger partial charge in [0.15, 0.2) is 0 Å². The Bertz CT molecular complexity index is 1060. The molecule has 2 aliphatic rings. The number of phenols is 1. The Labute approximate surface area is 198 Å². The lowest BCUT2D eigenvalue weighted by molar-refractivity contribution is 0.0201. The highest BCUT2D eigenvalue weighted by Gasteiger charge is 2.30. The quantitative estimate of drug-likeness (QED) is 0.413. The first-order valence-electron chi connectivity index (χ1n) is 10.9. The van der Waals surface area contributed by atoms with Crippen molar-refractivity contribution in [3.05, 3.63) is 35.8 Å². The maximum absolute atomic E-state index is 12.2. The molecule has 0 saturated carbocycles. The molecule has 1 aromatic rings. The van der Waals surface area contributed by atoms with E-state index in [1.807, 2.05) is 25.5 Å². The summed E-state index contributed by atoms with van der Waals surface area (Å²) in [6.07, 6.45) is 2.26. The summed E-state index contributed by atoms with van der Waals surface area (Å²) in [6, 6.07) is 4.06. The topological polar surface area (TPSA) is 161 Å². The highest BCUT2D eigenvalue weighted by Crippen LogP contribution is 2.32. The number of rotatable bonds is 5. The number of aliphatic hydroxyl groups is 1. The van der Waals surface area contributed by atoms with Crippen LogP contribution < -0.4 is 19.7 Å². The second-order valence-electron chi connectivity index (χ2n) is 9.13. The third kappa shape index (κ3) is 6.59. The number of nitrogens with one attached hydrogen (secondary N) is 3. The molecule has 1 aromatic carbocycles. The minimum Gasteiger partial charge on any atom is -0.506 e. The Morgan fingerprint density at radius 2 is 1.88 bits per heavy atom. The van der Waals surface area contributed by atoms with Crippen molar-refractivity contribution >= 4 is 28.0 Å². The molecule has 5 N–H and O–H groups in total. The van der Waals surface area contributed by atoms with Gasteiger partial charge in [0.25, 0.3) is 0 Å². The smallest absolute Gasteiger partial charge is 0.410 e. The van der Waals surface area contributed by atoms with Crippen LogP contribution in [-0.4, -0.2) is 66.9 Å². The monoisotopic (exact) mass is 497 g/mol. The fourth-order valence-electron chi connectivity index (χ4n) is 3.59. The molecule has 1 saturated heterocycles. The van der Waals surface area contributed by atoms with Crippen molar-refractivity contribution in [3.63, 3.8) is 0 Å². The van der Waals surface area contributed by atoms with Crippen LogP contribution in [0, 0.1) is 0 Å². The molecule has 13 heteroatoms. The van der Waals surface area contributed by atoms with Crippen molar-refractivity contribution in [3.8, 4) is 5.75 Å². The lowest BCUT2D eigenvalue weighted by Gasteiger charge is -2.33. The van der Waals surface area contributed by atoms with Crippen LogP contribution in [0.25, 0.3) is 0 Å². The number of nitrogens with zero attached hydrogens (tertiary/aromatic N) is 2. The van der Waals surface area contributed by atoms with Crippen molar-refractivity contribution < 1.29 is 33.0 Å². The Balaban J connectivity index is 1.42. The molecule has 34 heavy (non-hydrogen) atoms. The molecule has 0 spiro atoms. The van der Waals surface area contributed by atoms with E-state index in [2.05, 4.69) is 10.6 Å². The number of anilines is 1. The number of hydrogen-bond donors (Lipinski definition) is 5. The molecule has 2 heterocycles. The third-order valence-corrected chi connectivity index (χ3v) is 6.48. The molecule has 188 valence electrons. The summed E-state index contributed by atoms with van der Waals surface area (Å²) in [5.41, 5.74) is 0.125. The zero-order valence-corrected chi connectivity index (χ0v) is 20.2. The van der Waals surface area contributed by atoms with Crippen molar-refractivity contribution in [1.82, 2.24) is 20.3 Å². The number of urea groups is 1. The molecule has 0 bridgehead atoms. The summed E-state index contributed by atoms with van der Waals surface area (Å²) in [4.78, 5) is 26.0. The lowest BCUT2D eigenvalue weighted by Crippen LogP contribution is -2.50. The molecule has 3 rings (SSSR count). The van der Waals surface area contributed by atoms with Crippen LogP contribution >= 0.6 is 0 Å². The number of aliphatic hydroxyl groups excluding tert-OH is 1. The van der Waals surface area contributed by atoms with E-state index in [0.29, 0.717) is 44.5 Å². The van der Waals surface area contributed by atoms with E-state index in [4.69, 9.17) is 4.74 Å². The van der Waals surface area contributed by atoms with Gasteiger partial charge in [-0.1, -0.05) is 6.07 Å². The molecule has 0 unspecified atom stereocenters. The number of hydrogen-bond acceptors (Lipinski definition) is 7. The van der Waals surface area contributed by atoms with E-state index in [1.54, 1.807) is 11.0 Å². The largest absolute Gasteiger partial charge is 0.506 e. The van der Waals surface area contributed by atoms with Gasteiger partial charge in [0.1, 0.15) is 17.0 Å². The highest BCUT2D eigenvalue weighted by molar-refractivity contribution is 7.91. The van der Waals surface area contributed by atoms with Crippen LogP contribution in [0.2, 0.25) is 0 Å². The SMILES string of the molecule is CC(C)(C)OC(=O)N1CCC(NC(=O)NCCc2ccc(N3C=C(O)NS3(=O)=O)c(O)c2)CC1. The number of likely N-dealkylation sites (tertiary alicyclic amines) is 1. The molecule has 0 aromatic heterocycles. The number of aromatic hydroxyl groups is 1. The molecule has 3 amide bonds. The number of amides is 3.